The van der Waals surface area contributed by atoms with E-state index in [1.54, 1.807) is 0 Å². The number of aromatic nitrogens is 1. The van der Waals surface area contributed by atoms with Crippen molar-refractivity contribution in [2.75, 3.05) is 56.2 Å². The van der Waals surface area contributed by atoms with E-state index in [1.807, 2.05) is 4.90 Å². The van der Waals surface area contributed by atoms with Crippen molar-refractivity contribution in [3.05, 3.63) is 71.4 Å². The average Bonchev–Trinajstić information content (AvgIpc) is 3.66. The maximum absolute atomic E-state index is 12.7. The fourth-order valence-corrected chi connectivity index (χ4v) is 7.62. The lowest BCUT2D eigenvalue weighted by molar-refractivity contribution is -0.129. The van der Waals surface area contributed by atoms with Crippen molar-refractivity contribution in [1.82, 2.24) is 14.8 Å². The van der Waals surface area contributed by atoms with Crippen molar-refractivity contribution in [1.29, 1.82) is 5.26 Å². The van der Waals surface area contributed by atoms with Gasteiger partial charge in [-0.25, -0.2) is 4.98 Å². The summed E-state index contributed by atoms with van der Waals surface area (Å²) in [6, 6.07) is 15.8. The van der Waals surface area contributed by atoms with Gasteiger partial charge in [0, 0.05) is 48.9 Å². The molecular formula is C35H40N6O2. The number of hydrogen-bond donors (Lipinski definition) is 0. The van der Waals surface area contributed by atoms with Crippen LogP contribution in [-0.4, -0.2) is 78.7 Å². The number of likely N-dealkylation sites (tertiary alicyclic amines) is 1. The number of anilines is 2. The van der Waals surface area contributed by atoms with Crippen LogP contribution in [0.5, 0.6) is 5.88 Å². The number of carbonyl (C=O) groups is 1. The van der Waals surface area contributed by atoms with Crippen LogP contribution in [0, 0.1) is 18.3 Å². The zero-order chi connectivity index (χ0) is 29.7. The van der Waals surface area contributed by atoms with Gasteiger partial charge in [0.15, 0.2) is 0 Å². The van der Waals surface area contributed by atoms with Crippen LogP contribution in [0.3, 0.4) is 0 Å². The fourth-order valence-electron chi connectivity index (χ4n) is 7.62. The van der Waals surface area contributed by atoms with Gasteiger partial charge in [0.05, 0.1) is 23.5 Å². The molecule has 0 bridgehead atoms. The first kappa shape index (κ1) is 27.7. The van der Waals surface area contributed by atoms with E-state index in [-0.39, 0.29) is 11.4 Å². The van der Waals surface area contributed by atoms with Gasteiger partial charge in [-0.15, -0.1) is 0 Å². The minimum atomic E-state index is -0.179. The highest BCUT2D eigenvalue weighted by atomic mass is 16.5. The minimum Gasteiger partial charge on any atom is -0.475 e. The first-order chi connectivity index (χ1) is 20.9. The third kappa shape index (κ3) is 4.80. The SMILES string of the molecule is C=CC(=O)N1CCN(c2c(C#N)c(OCC3CCCN3C)nc3c2CCN(c2cccc4cccc(C)c24)C3)CC12CC2. The molecule has 0 radical (unpaired) electrons. The molecule has 3 aromatic rings. The van der Waals surface area contributed by atoms with E-state index in [4.69, 9.17) is 9.72 Å². The molecule has 1 unspecified atom stereocenters. The zero-order valence-corrected chi connectivity index (χ0v) is 25.3. The van der Waals surface area contributed by atoms with Gasteiger partial charge in [0.1, 0.15) is 18.2 Å². The summed E-state index contributed by atoms with van der Waals surface area (Å²) in [5, 5.41) is 13.1. The largest absolute Gasteiger partial charge is 0.475 e. The first-order valence-corrected chi connectivity index (χ1v) is 15.6. The van der Waals surface area contributed by atoms with Crippen molar-refractivity contribution < 1.29 is 9.53 Å². The third-order valence-electron chi connectivity index (χ3n) is 10.2. The molecule has 0 N–H and O–H groups in total. The Morgan fingerprint density at radius 3 is 2.70 bits per heavy atom. The molecule has 7 rings (SSSR count). The Bertz CT molecular complexity index is 1630. The fraction of sp³-hybridized carbons (Fsp3) is 0.457. The molecule has 2 saturated heterocycles. The van der Waals surface area contributed by atoms with E-state index in [2.05, 4.69) is 77.7 Å². The van der Waals surface area contributed by atoms with E-state index in [9.17, 15) is 10.1 Å². The summed E-state index contributed by atoms with van der Waals surface area (Å²) in [5.74, 6) is 0.446. The van der Waals surface area contributed by atoms with Crippen LogP contribution in [0.25, 0.3) is 10.8 Å². The Morgan fingerprint density at radius 1 is 1.16 bits per heavy atom. The number of nitriles is 1. The normalized spacial score (nSPS) is 21.1. The number of fused-ring (bicyclic) bond motifs is 2. The van der Waals surface area contributed by atoms with Gasteiger partial charge < -0.3 is 24.3 Å². The van der Waals surface area contributed by atoms with Gasteiger partial charge in [-0.05, 0) is 75.7 Å². The average molecular weight is 577 g/mol. The minimum absolute atomic E-state index is 0.000132. The van der Waals surface area contributed by atoms with E-state index >= 15 is 0 Å². The van der Waals surface area contributed by atoms with Crippen LogP contribution in [0.4, 0.5) is 11.4 Å². The Labute approximate surface area is 254 Å². The number of amides is 1. The van der Waals surface area contributed by atoms with Crippen LogP contribution >= 0.6 is 0 Å². The van der Waals surface area contributed by atoms with Gasteiger partial charge in [-0.2, -0.15) is 5.26 Å². The maximum atomic E-state index is 12.7. The molecule has 1 aromatic heterocycles. The Hall–Kier alpha value is -4.09. The molecular weight excluding hydrogens is 536 g/mol. The number of hydrogen-bond acceptors (Lipinski definition) is 7. The van der Waals surface area contributed by atoms with Gasteiger partial charge >= 0.3 is 0 Å². The van der Waals surface area contributed by atoms with Gasteiger partial charge in [0.25, 0.3) is 0 Å². The summed E-state index contributed by atoms with van der Waals surface area (Å²) in [6.45, 7) is 11.0. The summed E-state index contributed by atoms with van der Waals surface area (Å²) >= 11 is 0. The second kappa shape index (κ2) is 10.9. The first-order valence-electron chi connectivity index (χ1n) is 15.6. The van der Waals surface area contributed by atoms with Crippen LogP contribution in [0.1, 0.15) is 48.1 Å². The molecule has 8 nitrogen and oxygen atoms in total. The zero-order valence-electron chi connectivity index (χ0n) is 25.3. The van der Waals surface area contributed by atoms with Gasteiger partial charge in [-0.1, -0.05) is 36.9 Å². The van der Waals surface area contributed by atoms with E-state index in [0.29, 0.717) is 43.7 Å². The van der Waals surface area contributed by atoms with Gasteiger partial charge in [0.2, 0.25) is 11.8 Å². The lowest BCUT2D eigenvalue weighted by atomic mass is 9.95. The van der Waals surface area contributed by atoms with Gasteiger partial charge in [-0.3, -0.25) is 4.79 Å². The molecule has 222 valence electrons. The van der Waals surface area contributed by atoms with Crippen molar-refractivity contribution in [2.45, 2.75) is 57.2 Å². The number of nitrogens with zero attached hydrogens (tertiary/aromatic N) is 6. The summed E-state index contributed by atoms with van der Waals surface area (Å²) in [4.78, 5) is 26.9. The van der Waals surface area contributed by atoms with E-state index in [1.165, 1.54) is 28.1 Å². The standard InChI is InChI=1S/C35H40N6O2/c1-4-31(42)41-19-18-40(23-35(41)14-15-35)33-27-13-17-39(30-12-6-10-25-9-5-8-24(2)32(25)30)21-29(27)37-34(28(33)20-36)43-22-26-11-7-16-38(26)3/h4-6,8-10,12,26H,1,7,11,13-19,21-23H2,2-3H3. The molecule has 4 aliphatic rings. The molecule has 1 saturated carbocycles. The molecule has 3 aliphatic heterocycles. The summed E-state index contributed by atoms with van der Waals surface area (Å²) in [7, 11) is 2.14. The Balaban J connectivity index is 1.28. The predicted octanol–water partition coefficient (Wildman–Crippen LogP) is 4.82. The molecule has 4 heterocycles. The number of rotatable bonds is 6. The van der Waals surface area contributed by atoms with E-state index < -0.39 is 0 Å². The van der Waals surface area contributed by atoms with Crippen molar-refractivity contribution in [3.63, 3.8) is 0 Å². The molecule has 43 heavy (non-hydrogen) atoms. The molecule has 8 heteroatoms. The number of ether oxygens (including phenoxy) is 1. The number of carbonyl (C=O) groups excluding carboxylic acids is 1. The highest BCUT2D eigenvalue weighted by Gasteiger charge is 2.53. The predicted molar refractivity (Wildman–Crippen MR) is 170 cm³/mol. The summed E-state index contributed by atoms with van der Waals surface area (Å²) < 4.78 is 6.46. The molecule has 1 atom stereocenters. The summed E-state index contributed by atoms with van der Waals surface area (Å²) in [5.41, 5.74) is 5.93. The monoisotopic (exact) mass is 576 g/mol. The molecule has 2 aromatic carbocycles. The molecule has 1 spiro atoms. The highest BCUT2D eigenvalue weighted by molar-refractivity contribution is 5.97. The lowest BCUT2D eigenvalue weighted by Gasteiger charge is -2.44. The lowest BCUT2D eigenvalue weighted by Crippen LogP contribution is -2.57. The van der Waals surface area contributed by atoms with Crippen LogP contribution in [-0.2, 0) is 17.8 Å². The number of likely N-dealkylation sites (N-methyl/N-ethyl adjacent to an activating group) is 1. The number of pyridine rings is 1. The molecule has 3 fully saturated rings. The Morgan fingerprint density at radius 2 is 1.98 bits per heavy atom. The number of piperazine rings is 1. The molecule has 1 aliphatic carbocycles. The second-order valence-corrected chi connectivity index (χ2v) is 12.7. The van der Waals surface area contributed by atoms with Crippen LogP contribution in [0.2, 0.25) is 0 Å². The smallest absolute Gasteiger partial charge is 0.246 e. The number of aryl methyl sites for hydroxylation is 1. The number of benzene rings is 2. The van der Waals surface area contributed by atoms with E-state index in [0.717, 1.165) is 68.7 Å². The highest BCUT2D eigenvalue weighted by Crippen LogP contribution is 2.47. The quantitative estimate of drug-likeness (QED) is 0.390. The maximum Gasteiger partial charge on any atom is 0.246 e. The third-order valence-corrected chi connectivity index (χ3v) is 10.2. The van der Waals surface area contributed by atoms with Crippen LogP contribution in [0.15, 0.2) is 49.1 Å². The van der Waals surface area contributed by atoms with Crippen molar-refractivity contribution in [2.24, 2.45) is 0 Å². The molecule has 1 amide bonds. The topological polar surface area (TPSA) is 75.9 Å². The van der Waals surface area contributed by atoms with Crippen molar-refractivity contribution >= 4 is 28.1 Å². The van der Waals surface area contributed by atoms with Crippen LogP contribution < -0.4 is 14.5 Å². The summed E-state index contributed by atoms with van der Waals surface area (Å²) in [6.07, 6.45) is 6.42. The second-order valence-electron chi connectivity index (χ2n) is 12.7. The van der Waals surface area contributed by atoms with Crippen molar-refractivity contribution in [3.8, 4) is 11.9 Å². The Kier molecular flexibility index (Phi) is 7.01.